The Balaban J connectivity index is 1.41. The molecular formula is C22H31N3O4S. The van der Waals surface area contributed by atoms with Crippen molar-refractivity contribution in [2.24, 2.45) is 5.92 Å². The van der Waals surface area contributed by atoms with Crippen molar-refractivity contribution in [2.45, 2.75) is 62.4 Å². The first kappa shape index (κ1) is 21.5. The second-order valence-electron chi connectivity index (χ2n) is 8.83. The van der Waals surface area contributed by atoms with Gasteiger partial charge in [-0.1, -0.05) is 18.6 Å². The average Bonchev–Trinajstić information content (AvgIpc) is 3.50. The summed E-state index contributed by atoms with van der Waals surface area (Å²) in [5.74, 6) is 0.146. The number of hydrogen-bond donors (Lipinski definition) is 1. The first-order valence-corrected chi connectivity index (χ1v) is 12.4. The van der Waals surface area contributed by atoms with Gasteiger partial charge in [0.1, 0.15) is 6.04 Å². The van der Waals surface area contributed by atoms with Crippen molar-refractivity contribution in [2.75, 3.05) is 26.2 Å². The van der Waals surface area contributed by atoms with Crippen LogP contribution >= 0.6 is 0 Å². The molecule has 2 atom stereocenters. The van der Waals surface area contributed by atoms with Crippen LogP contribution < -0.4 is 5.32 Å². The number of carbonyl (C=O) groups is 2. The number of nitrogens with zero attached hydrogens (tertiary/aromatic N) is 2. The molecule has 1 N–H and O–H groups in total. The smallest absolute Gasteiger partial charge is 0.243 e. The quantitative estimate of drug-likeness (QED) is 0.665. The highest BCUT2D eigenvalue weighted by Gasteiger charge is 2.38. The normalized spacial score (nSPS) is 25.9. The highest BCUT2D eigenvalue weighted by molar-refractivity contribution is 7.89. The van der Waals surface area contributed by atoms with Gasteiger partial charge in [0.05, 0.1) is 4.90 Å². The van der Waals surface area contributed by atoms with Gasteiger partial charge in [-0.15, -0.1) is 0 Å². The van der Waals surface area contributed by atoms with Crippen molar-refractivity contribution in [1.82, 2.24) is 14.5 Å². The molecule has 2 unspecified atom stereocenters. The zero-order valence-electron chi connectivity index (χ0n) is 17.5. The zero-order valence-corrected chi connectivity index (χ0v) is 18.4. The van der Waals surface area contributed by atoms with Crippen molar-refractivity contribution < 1.29 is 18.0 Å². The van der Waals surface area contributed by atoms with Crippen LogP contribution in [0.3, 0.4) is 0 Å². The zero-order chi connectivity index (χ0) is 21.3. The van der Waals surface area contributed by atoms with Gasteiger partial charge in [-0.2, -0.15) is 4.31 Å². The highest BCUT2D eigenvalue weighted by atomic mass is 32.2. The number of benzene rings is 1. The van der Waals surface area contributed by atoms with Crippen LogP contribution in [0.25, 0.3) is 0 Å². The van der Waals surface area contributed by atoms with E-state index in [2.05, 4.69) is 10.2 Å². The molecule has 0 bridgehead atoms. The molecule has 0 spiro atoms. The summed E-state index contributed by atoms with van der Waals surface area (Å²) in [7, 11) is -3.79. The summed E-state index contributed by atoms with van der Waals surface area (Å²) in [6.45, 7) is 4.53. The van der Waals surface area contributed by atoms with Gasteiger partial charge in [0.2, 0.25) is 15.9 Å². The molecule has 30 heavy (non-hydrogen) atoms. The summed E-state index contributed by atoms with van der Waals surface area (Å²) in [6, 6.07) is 6.05. The molecule has 3 aliphatic rings. The molecule has 1 amide bonds. The van der Waals surface area contributed by atoms with Crippen molar-refractivity contribution in [1.29, 1.82) is 0 Å². The molecular weight excluding hydrogens is 402 g/mol. The predicted molar refractivity (Wildman–Crippen MR) is 114 cm³/mol. The van der Waals surface area contributed by atoms with Gasteiger partial charge in [-0.05, 0) is 63.6 Å². The van der Waals surface area contributed by atoms with Gasteiger partial charge in [0.25, 0.3) is 0 Å². The third kappa shape index (κ3) is 4.60. The Labute approximate surface area is 178 Å². The van der Waals surface area contributed by atoms with E-state index in [-0.39, 0.29) is 16.6 Å². The topological polar surface area (TPSA) is 86.8 Å². The summed E-state index contributed by atoms with van der Waals surface area (Å²) in [6.07, 6.45) is 5.80. The third-order valence-corrected chi connectivity index (χ3v) is 8.49. The van der Waals surface area contributed by atoms with E-state index in [9.17, 15) is 18.0 Å². The van der Waals surface area contributed by atoms with Crippen LogP contribution in [0.2, 0.25) is 0 Å². The van der Waals surface area contributed by atoms with Crippen LogP contribution in [0, 0.1) is 5.92 Å². The van der Waals surface area contributed by atoms with Gasteiger partial charge in [0.15, 0.2) is 5.78 Å². The van der Waals surface area contributed by atoms with Crippen molar-refractivity contribution in [3.8, 4) is 0 Å². The SMILES string of the molecule is CC(=O)c1ccc(S(=O)(=O)N2CCCCC2C(=O)NCC2CCN(C3CC3)C2)cc1. The lowest BCUT2D eigenvalue weighted by Gasteiger charge is -2.34. The summed E-state index contributed by atoms with van der Waals surface area (Å²) in [5, 5.41) is 3.04. The Morgan fingerprint density at radius 1 is 1.03 bits per heavy atom. The Bertz CT molecular complexity index is 895. The van der Waals surface area contributed by atoms with Crippen molar-refractivity contribution in [3.63, 3.8) is 0 Å². The number of Topliss-reactive ketones (excluding diaryl/α,β-unsaturated/α-hetero) is 1. The van der Waals surface area contributed by atoms with Crippen molar-refractivity contribution in [3.05, 3.63) is 29.8 Å². The lowest BCUT2D eigenvalue weighted by molar-refractivity contribution is -0.125. The van der Waals surface area contributed by atoms with Crippen LogP contribution in [0.1, 0.15) is 55.8 Å². The van der Waals surface area contributed by atoms with Crippen LogP contribution in [-0.4, -0.2) is 67.6 Å². The van der Waals surface area contributed by atoms with E-state index in [1.807, 2.05) is 0 Å². The number of rotatable bonds is 7. The van der Waals surface area contributed by atoms with Crippen molar-refractivity contribution >= 4 is 21.7 Å². The minimum atomic E-state index is -3.79. The van der Waals surface area contributed by atoms with Gasteiger partial charge >= 0.3 is 0 Å². The van der Waals surface area contributed by atoms with Crippen LogP contribution in [-0.2, 0) is 14.8 Å². The molecule has 164 valence electrons. The van der Waals surface area contributed by atoms with Crippen LogP contribution in [0.5, 0.6) is 0 Å². The Morgan fingerprint density at radius 2 is 1.77 bits per heavy atom. The molecule has 1 saturated carbocycles. The third-order valence-electron chi connectivity index (χ3n) is 6.57. The molecule has 4 rings (SSSR count). The number of hydrogen-bond acceptors (Lipinski definition) is 5. The van der Waals surface area contributed by atoms with E-state index in [1.165, 1.54) is 48.3 Å². The van der Waals surface area contributed by atoms with Gasteiger partial charge in [-0.25, -0.2) is 8.42 Å². The minimum absolute atomic E-state index is 0.110. The van der Waals surface area contributed by atoms with E-state index >= 15 is 0 Å². The first-order valence-electron chi connectivity index (χ1n) is 11.0. The molecule has 1 aromatic rings. The monoisotopic (exact) mass is 433 g/mol. The molecule has 3 fully saturated rings. The summed E-state index contributed by atoms with van der Waals surface area (Å²) < 4.78 is 27.8. The van der Waals surface area contributed by atoms with E-state index in [1.54, 1.807) is 0 Å². The maximum Gasteiger partial charge on any atom is 0.243 e. The largest absolute Gasteiger partial charge is 0.354 e. The second-order valence-corrected chi connectivity index (χ2v) is 10.7. The van der Waals surface area contributed by atoms with Gasteiger partial charge in [0, 0.05) is 31.2 Å². The van der Waals surface area contributed by atoms with Crippen LogP contribution in [0.4, 0.5) is 0 Å². The standard InChI is InChI=1S/C22H31N3O4S/c1-16(26)18-5-9-20(10-6-18)30(28,29)25-12-3-2-4-21(25)22(27)23-14-17-11-13-24(15-17)19-7-8-19/h5-6,9-10,17,19,21H,2-4,7-8,11-15H2,1H3,(H,23,27). The maximum absolute atomic E-state index is 13.2. The Kier molecular flexibility index (Phi) is 6.27. The number of likely N-dealkylation sites (tertiary alicyclic amines) is 1. The fraction of sp³-hybridized carbons (Fsp3) is 0.636. The number of nitrogens with one attached hydrogen (secondary N) is 1. The fourth-order valence-corrected chi connectivity index (χ4v) is 6.27. The molecule has 2 aliphatic heterocycles. The van der Waals surface area contributed by atoms with E-state index in [0.29, 0.717) is 31.0 Å². The summed E-state index contributed by atoms with van der Waals surface area (Å²) in [4.78, 5) is 27.1. The fourth-order valence-electron chi connectivity index (χ4n) is 4.62. The minimum Gasteiger partial charge on any atom is -0.354 e. The van der Waals surface area contributed by atoms with Gasteiger partial charge in [-0.3, -0.25) is 9.59 Å². The van der Waals surface area contributed by atoms with E-state index < -0.39 is 16.1 Å². The van der Waals surface area contributed by atoms with Crippen LogP contribution in [0.15, 0.2) is 29.2 Å². The number of piperidine rings is 1. The van der Waals surface area contributed by atoms with Gasteiger partial charge < -0.3 is 10.2 Å². The van der Waals surface area contributed by atoms with E-state index in [4.69, 9.17) is 0 Å². The maximum atomic E-state index is 13.2. The molecule has 0 radical (unpaired) electrons. The molecule has 8 heteroatoms. The predicted octanol–water partition coefficient (Wildman–Crippen LogP) is 2.03. The number of carbonyl (C=O) groups excluding carboxylic acids is 2. The molecule has 2 saturated heterocycles. The highest BCUT2D eigenvalue weighted by Crippen LogP contribution is 2.31. The molecule has 7 nitrogen and oxygen atoms in total. The summed E-state index contributed by atoms with van der Waals surface area (Å²) >= 11 is 0. The Hall–Kier alpha value is -1.77. The Morgan fingerprint density at radius 3 is 2.43 bits per heavy atom. The second kappa shape index (κ2) is 8.77. The number of ketones is 1. The summed E-state index contributed by atoms with van der Waals surface area (Å²) in [5.41, 5.74) is 0.471. The molecule has 1 aromatic carbocycles. The molecule has 2 heterocycles. The molecule has 0 aromatic heterocycles. The average molecular weight is 434 g/mol. The molecule has 1 aliphatic carbocycles. The lowest BCUT2D eigenvalue weighted by atomic mass is 10.0. The lowest BCUT2D eigenvalue weighted by Crippen LogP contribution is -2.52. The number of amides is 1. The first-order chi connectivity index (χ1) is 14.4. The number of sulfonamides is 1. The van der Waals surface area contributed by atoms with E-state index in [0.717, 1.165) is 38.4 Å².